The fraction of sp³-hybridized carbons (Fsp3) is 0.667. The van der Waals surface area contributed by atoms with Crippen LogP contribution >= 0.6 is 11.3 Å². The van der Waals surface area contributed by atoms with E-state index >= 15 is 0 Å². The molecule has 1 fully saturated rings. The fourth-order valence-electron chi connectivity index (χ4n) is 1.73. The van der Waals surface area contributed by atoms with Crippen molar-refractivity contribution in [2.75, 3.05) is 11.9 Å². The van der Waals surface area contributed by atoms with E-state index in [0.717, 1.165) is 0 Å². The number of hydrogen-bond acceptors (Lipinski definition) is 8. The van der Waals surface area contributed by atoms with Crippen LogP contribution in [0.25, 0.3) is 0 Å². The molecule has 8 heteroatoms. The first-order chi connectivity index (χ1) is 8.13. The lowest BCUT2D eigenvalue weighted by Gasteiger charge is -2.40. The maximum Gasteiger partial charge on any atom is 0.183 e. The summed E-state index contributed by atoms with van der Waals surface area (Å²) < 4.78 is 5.11. The molecule has 1 aliphatic rings. The number of aliphatic hydroxyl groups is 3. The van der Waals surface area contributed by atoms with E-state index in [4.69, 9.17) is 10.5 Å². The van der Waals surface area contributed by atoms with Crippen LogP contribution < -0.4 is 11.1 Å². The SMILES string of the molecule is NCC1OC(O)[C@H](Nc2nccs2)C(O)C1O. The third kappa shape index (κ3) is 2.57. The Morgan fingerprint density at radius 2 is 2.18 bits per heavy atom. The van der Waals surface area contributed by atoms with Gasteiger partial charge in [0.2, 0.25) is 0 Å². The summed E-state index contributed by atoms with van der Waals surface area (Å²) in [5, 5.41) is 34.4. The lowest BCUT2D eigenvalue weighted by Crippen LogP contribution is -2.61. The van der Waals surface area contributed by atoms with Gasteiger partial charge in [-0.25, -0.2) is 4.98 Å². The molecule has 1 aliphatic heterocycles. The molecule has 0 aromatic carbocycles. The van der Waals surface area contributed by atoms with Crippen molar-refractivity contribution in [1.29, 1.82) is 0 Å². The molecule has 2 rings (SSSR count). The fourth-order valence-corrected chi connectivity index (χ4v) is 2.31. The molecule has 1 aromatic rings. The van der Waals surface area contributed by atoms with Gasteiger partial charge in [0.1, 0.15) is 24.4 Å². The van der Waals surface area contributed by atoms with E-state index in [2.05, 4.69) is 10.3 Å². The number of ether oxygens (including phenoxy) is 1. The highest BCUT2D eigenvalue weighted by Crippen LogP contribution is 2.23. The van der Waals surface area contributed by atoms with Crippen molar-refractivity contribution in [3.05, 3.63) is 11.6 Å². The Labute approximate surface area is 102 Å². The highest BCUT2D eigenvalue weighted by Gasteiger charge is 2.43. The average Bonchev–Trinajstić information content (AvgIpc) is 2.82. The second-order valence-electron chi connectivity index (χ2n) is 3.79. The van der Waals surface area contributed by atoms with Crippen molar-refractivity contribution in [2.45, 2.75) is 30.6 Å². The van der Waals surface area contributed by atoms with E-state index in [1.165, 1.54) is 11.3 Å². The Hall–Kier alpha value is -0.770. The number of rotatable bonds is 3. The molecule has 2 heterocycles. The molecule has 7 nitrogen and oxygen atoms in total. The van der Waals surface area contributed by atoms with Gasteiger partial charge in [-0.2, -0.15) is 0 Å². The number of nitrogens with two attached hydrogens (primary N) is 1. The number of aliphatic hydroxyl groups excluding tert-OH is 3. The summed E-state index contributed by atoms with van der Waals surface area (Å²) in [4.78, 5) is 3.97. The Balaban J connectivity index is 2.06. The van der Waals surface area contributed by atoms with E-state index < -0.39 is 30.6 Å². The maximum absolute atomic E-state index is 9.88. The van der Waals surface area contributed by atoms with Gasteiger partial charge in [-0.1, -0.05) is 0 Å². The van der Waals surface area contributed by atoms with Gasteiger partial charge in [0.15, 0.2) is 11.4 Å². The minimum atomic E-state index is -1.24. The molecule has 0 radical (unpaired) electrons. The van der Waals surface area contributed by atoms with Gasteiger partial charge in [0, 0.05) is 18.1 Å². The van der Waals surface area contributed by atoms with Gasteiger partial charge >= 0.3 is 0 Å². The van der Waals surface area contributed by atoms with Crippen molar-refractivity contribution < 1.29 is 20.1 Å². The molecule has 0 spiro atoms. The molecular formula is C9H15N3O4S. The molecule has 0 aliphatic carbocycles. The molecule has 0 saturated carbocycles. The molecule has 0 amide bonds. The third-order valence-corrected chi connectivity index (χ3v) is 3.38. The van der Waals surface area contributed by atoms with Crippen LogP contribution in [-0.4, -0.2) is 57.5 Å². The largest absolute Gasteiger partial charge is 0.388 e. The quantitative estimate of drug-likeness (QED) is 0.440. The van der Waals surface area contributed by atoms with Gasteiger partial charge in [-0.05, 0) is 0 Å². The standard InChI is InChI=1S/C9H15N3O4S/c10-3-4-6(13)7(14)5(8(15)16-4)12-9-11-1-2-17-9/h1-2,4-8,13-15H,3,10H2,(H,11,12)/t4?,5-,6?,7?,8?/m1/s1. The maximum atomic E-state index is 9.88. The van der Waals surface area contributed by atoms with Gasteiger partial charge in [-0.3, -0.25) is 0 Å². The zero-order valence-electron chi connectivity index (χ0n) is 8.93. The van der Waals surface area contributed by atoms with Gasteiger partial charge < -0.3 is 31.1 Å². The predicted molar refractivity (Wildman–Crippen MR) is 61.5 cm³/mol. The number of hydrogen-bond donors (Lipinski definition) is 5. The second-order valence-corrected chi connectivity index (χ2v) is 4.68. The average molecular weight is 261 g/mol. The molecule has 1 aromatic heterocycles. The Morgan fingerprint density at radius 1 is 1.41 bits per heavy atom. The Bertz CT molecular complexity index is 350. The van der Waals surface area contributed by atoms with Crippen LogP contribution in [0.1, 0.15) is 0 Å². The molecule has 96 valence electrons. The summed E-state index contributed by atoms with van der Waals surface area (Å²) in [7, 11) is 0. The first-order valence-electron chi connectivity index (χ1n) is 5.19. The van der Waals surface area contributed by atoms with E-state index in [0.29, 0.717) is 5.13 Å². The highest BCUT2D eigenvalue weighted by atomic mass is 32.1. The lowest BCUT2D eigenvalue weighted by atomic mass is 9.97. The van der Waals surface area contributed by atoms with Crippen LogP contribution in [0.15, 0.2) is 11.6 Å². The second kappa shape index (κ2) is 5.25. The number of aromatic nitrogens is 1. The predicted octanol–water partition coefficient (Wildman–Crippen LogP) is -1.68. The normalized spacial score (nSPS) is 38.0. The van der Waals surface area contributed by atoms with Gasteiger partial charge in [0.25, 0.3) is 0 Å². The number of nitrogens with zero attached hydrogens (tertiary/aromatic N) is 1. The van der Waals surface area contributed by atoms with Crippen LogP contribution in [0, 0.1) is 0 Å². The Kier molecular flexibility index (Phi) is 3.92. The molecule has 5 atom stereocenters. The minimum absolute atomic E-state index is 0.0270. The molecular weight excluding hydrogens is 246 g/mol. The number of nitrogens with one attached hydrogen (secondary N) is 1. The van der Waals surface area contributed by atoms with E-state index in [1.807, 2.05) is 0 Å². The van der Waals surface area contributed by atoms with Gasteiger partial charge in [0.05, 0.1) is 0 Å². The van der Waals surface area contributed by atoms with Crippen molar-refractivity contribution in [1.82, 2.24) is 4.98 Å². The van der Waals surface area contributed by atoms with Crippen LogP contribution in [0.4, 0.5) is 5.13 Å². The zero-order chi connectivity index (χ0) is 12.4. The molecule has 4 unspecified atom stereocenters. The van der Waals surface area contributed by atoms with Crippen molar-refractivity contribution in [3.63, 3.8) is 0 Å². The number of anilines is 1. The molecule has 0 bridgehead atoms. The smallest absolute Gasteiger partial charge is 0.183 e. The van der Waals surface area contributed by atoms with E-state index in [-0.39, 0.29) is 6.54 Å². The van der Waals surface area contributed by atoms with Crippen LogP contribution in [0.3, 0.4) is 0 Å². The van der Waals surface area contributed by atoms with Crippen LogP contribution in [-0.2, 0) is 4.74 Å². The molecule has 6 N–H and O–H groups in total. The first kappa shape index (κ1) is 12.7. The summed E-state index contributed by atoms with van der Waals surface area (Å²) in [6.45, 7) is 0.0270. The number of thiazole rings is 1. The monoisotopic (exact) mass is 261 g/mol. The minimum Gasteiger partial charge on any atom is -0.388 e. The summed E-state index contributed by atoms with van der Waals surface area (Å²) in [5.41, 5.74) is 5.36. The van der Waals surface area contributed by atoms with Crippen LogP contribution in [0.2, 0.25) is 0 Å². The lowest BCUT2D eigenvalue weighted by molar-refractivity contribution is -0.234. The van der Waals surface area contributed by atoms with E-state index in [9.17, 15) is 15.3 Å². The summed E-state index contributed by atoms with van der Waals surface area (Å²) >= 11 is 1.32. The van der Waals surface area contributed by atoms with Gasteiger partial charge in [-0.15, -0.1) is 11.3 Å². The van der Waals surface area contributed by atoms with Crippen molar-refractivity contribution in [3.8, 4) is 0 Å². The topological polar surface area (TPSA) is 121 Å². The first-order valence-corrected chi connectivity index (χ1v) is 6.07. The Morgan fingerprint density at radius 3 is 2.76 bits per heavy atom. The van der Waals surface area contributed by atoms with Crippen LogP contribution in [0.5, 0.6) is 0 Å². The van der Waals surface area contributed by atoms with E-state index in [1.54, 1.807) is 11.6 Å². The summed E-state index contributed by atoms with van der Waals surface area (Å²) in [6, 6.07) is -0.834. The summed E-state index contributed by atoms with van der Waals surface area (Å²) in [5.74, 6) is 0. The van der Waals surface area contributed by atoms with Crippen molar-refractivity contribution >= 4 is 16.5 Å². The molecule has 1 saturated heterocycles. The third-order valence-electron chi connectivity index (χ3n) is 2.67. The molecule has 17 heavy (non-hydrogen) atoms. The highest BCUT2D eigenvalue weighted by molar-refractivity contribution is 7.13. The van der Waals surface area contributed by atoms with Crippen molar-refractivity contribution in [2.24, 2.45) is 5.73 Å². The zero-order valence-corrected chi connectivity index (χ0v) is 9.75. The summed E-state index contributed by atoms with van der Waals surface area (Å²) in [6.07, 6.45) is -2.73.